The Balaban J connectivity index is 2.23. The van der Waals surface area contributed by atoms with E-state index in [4.69, 9.17) is 11.6 Å². The minimum Gasteiger partial charge on any atom is -0.382 e. The summed E-state index contributed by atoms with van der Waals surface area (Å²) in [6.45, 7) is 5.51. The predicted molar refractivity (Wildman–Crippen MR) is 75.5 cm³/mol. The molecule has 1 nitrogen and oxygen atoms in total. The molecule has 1 aliphatic heterocycles. The van der Waals surface area contributed by atoms with Crippen molar-refractivity contribution < 1.29 is 4.39 Å². The van der Waals surface area contributed by atoms with E-state index in [1.807, 2.05) is 6.07 Å². The highest BCUT2D eigenvalue weighted by atomic mass is 35.5. The molecule has 17 heavy (non-hydrogen) atoms. The van der Waals surface area contributed by atoms with Gasteiger partial charge in [-0.25, -0.2) is 4.39 Å². The number of hydrogen-bond acceptors (Lipinski definition) is 1. The first-order valence-corrected chi connectivity index (χ1v) is 9.05. The van der Waals surface area contributed by atoms with Gasteiger partial charge < -0.3 is 5.32 Å². The normalized spacial score (nSPS) is 19.0. The first-order valence-electron chi connectivity index (χ1n) is 6.37. The maximum Gasteiger partial charge on any atom is 0.148 e. The maximum absolute atomic E-state index is 13.7. The van der Waals surface area contributed by atoms with E-state index in [0.29, 0.717) is 10.7 Å². The first-order chi connectivity index (χ1) is 8.15. The first kappa shape index (κ1) is 12.9. The second-order valence-electron chi connectivity index (χ2n) is 4.84. The highest BCUT2D eigenvalue weighted by Crippen LogP contribution is 2.34. The highest BCUT2D eigenvalue weighted by molar-refractivity contribution is 6.60. The monoisotopic (exact) mass is 271 g/mol. The lowest BCUT2D eigenvalue weighted by Gasteiger charge is -2.31. The molecule has 0 saturated heterocycles. The van der Waals surface area contributed by atoms with Crippen LogP contribution >= 0.6 is 11.6 Å². The average molecular weight is 272 g/mol. The van der Waals surface area contributed by atoms with Crippen molar-refractivity contribution in [1.82, 2.24) is 0 Å². The third kappa shape index (κ3) is 2.66. The molecule has 4 heteroatoms. The molecule has 0 amide bonds. The van der Waals surface area contributed by atoms with E-state index in [1.165, 1.54) is 18.2 Å². The van der Waals surface area contributed by atoms with E-state index in [-0.39, 0.29) is 5.82 Å². The standard InChI is InChI=1S/C13H19ClFNSi/c1-3-17(4-2)11-6-9-5-10(14)7-12(15)13(9)16-8-11/h5,7,11,16-17H,3-4,6,8H2,1-2H3. The Morgan fingerprint density at radius 2 is 2.12 bits per heavy atom. The molecule has 2 rings (SSSR count). The SMILES string of the molecule is CC[SiH](CC)C1CNc2c(F)cc(Cl)cc2C1. The summed E-state index contributed by atoms with van der Waals surface area (Å²) in [6, 6.07) is 5.95. The number of rotatable bonds is 3. The van der Waals surface area contributed by atoms with Crippen molar-refractivity contribution in [2.75, 3.05) is 11.9 Å². The smallest absolute Gasteiger partial charge is 0.148 e. The summed E-state index contributed by atoms with van der Waals surface area (Å²) in [5.41, 5.74) is 2.46. The second-order valence-corrected chi connectivity index (χ2v) is 9.38. The molecule has 1 atom stereocenters. The zero-order valence-electron chi connectivity index (χ0n) is 10.4. The molecular formula is C13H19ClFNSi. The van der Waals surface area contributed by atoms with Gasteiger partial charge in [-0.2, -0.15) is 0 Å². The molecule has 1 aromatic rings. The Bertz CT molecular complexity index is 407. The lowest BCUT2D eigenvalue weighted by Crippen LogP contribution is -2.30. The van der Waals surface area contributed by atoms with Gasteiger partial charge in [-0.3, -0.25) is 0 Å². The van der Waals surface area contributed by atoms with Crippen LogP contribution in [0.5, 0.6) is 0 Å². The number of hydrogen-bond donors (Lipinski definition) is 1. The molecular weight excluding hydrogens is 253 g/mol. The van der Waals surface area contributed by atoms with Crippen LogP contribution in [0.1, 0.15) is 19.4 Å². The fourth-order valence-electron chi connectivity index (χ4n) is 2.86. The van der Waals surface area contributed by atoms with E-state index in [0.717, 1.165) is 24.1 Å². The molecule has 1 heterocycles. The summed E-state index contributed by atoms with van der Waals surface area (Å²) >= 11 is 5.92. The van der Waals surface area contributed by atoms with E-state index in [2.05, 4.69) is 19.2 Å². The molecule has 1 aliphatic rings. The number of nitrogens with one attached hydrogen (secondary N) is 1. The third-order valence-electron chi connectivity index (χ3n) is 3.88. The zero-order valence-corrected chi connectivity index (χ0v) is 12.3. The lowest BCUT2D eigenvalue weighted by molar-refractivity contribution is 0.622. The maximum atomic E-state index is 13.7. The van der Waals surface area contributed by atoms with E-state index in [1.54, 1.807) is 0 Å². The number of anilines is 1. The van der Waals surface area contributed by atoms with E-state index in [9.17, 15) is 4.39 Å². The van der Waals surface area contributed by atoms with Gasteiger partial charge in [0.25, 0.3) is 0 Å². The predicted octanol–water partition coefficient (Wildman–Crippen LogP) is 4.08. The van der Waals surface area contributed by atoms with Crippen LogP contribution in [0.25, 0.3) is 0 Å². The summed E-state index contributed by atoms with van der Waals surface area (Å²) < 4.78 is 13.7. The van der Waals surface area contributed by atoms with Crippen molar-refractivity contribution in [3.05, 3.63) is 28.5 Å². The third-order valence-corrected chi connectivity index (χ3v) is 8.00. The van der Waals surface area contributed by atoms with Gasteiger partial charge >= 0.3 is 0 Å². The summed E-state index contributed by atoms with van der Waals surface area (Å²) in [7, 11) is -0.692. The minimum atomic E-state index is -0.692. The van der Waals surface area contributed by atoms with Crippen molar-refractivity contribution in [2.24, 2.45) is 0 Å². The number of benzene rings is 1. The van der Waals surface area contributed by atoms with Gasteiger partial charge in [0.1, 0.15) is 5.82 Å². The van der Waals surface area contributed by atoms with Crippen LogP contribution in [-0.4, -0.2) is 15.3 Å². The van der Waals surface area contributed by atoms with Crippen LogP contribution in [0.15, 0.2) is 12.1 Å². The van der Waals surface area contributed by atoms with Crippen LogP contribution in [0.4, 0.5) is 10.1 Å². The molecule has 1 unspecified atom stereocenters. The molecule has 0 saturated carbocycles. The quantitative estimate of drug-likeness (QED) is 0.817. The molecule has 0 bridgehead atoms. The van der Waals surface area contributed by atoms with Gasteiger partial charge in [0.2, 0.25) is 0 Å². The lowest BCUT2D eigenvalue weighted by atomic mass is 10.0. The number of halogens is 2. The molecule has 94 valence electrons. The van der Waals surface area contributed by atoms with Crippen LogP contribution in [0.3, 0.4) is 0 Å². The Kier molecular flexibility index (Phi) is 4.10. The van der Waals surface area contributed by atoms with Gasteiger partial charge in [-0.1, -0.05) is 37.5 Å². The summed E-state index contributed by atoms with van der Waals surface area (Å²) in [5.74, 6) is -0.211. The topological polar surface area (TPSA) is 12.0 Å². The summed E-state index contributed by atoms with van der Waals surface area (Å²) in [5, 5.41) is 3.77. The summed E-state index contributed by atoms with van der Waals surface area (Å²) in [4.78, 5) is 0. The molecule has 0 aromatic heterocycles. The largest absolute Gasteiger partial charge is 0.382 e. The Morgan fingerprint density at radius 3 is 2.76 bits per heavy atom. The van der Waals surface area contributed by atoms with Gasteiger partial charge in [0.15, 0.2) is 0 Å². The fourth-order valence-corrected chi connectivity index (χ4v) is 6.04. The van der Waals surface area contributed by atoms with Gasteiger partial charge in [0.05, 0.1) is 5.69 Å². The van der Waals surface area contributed by atoms with Gasteiger partial charge in [-0.05, 0) is 29.7 Å². The van der Waals surface area contributed by atoms with Crippen LogP contribution < -0.4 is 5.32 Å². The number of fused-ring (bicyclic) bond motifs is 1. The summed E-state index contributed by atoms with van der Waals surface area (Å²) in [6.07, 6.45) is 0.998. The Morgan fingerprint density at radius 1 is 1.41 bits per heavy atom. The van der Waals surface area contributed by atoms with Crippen LogP contribution in [0, 0.1) is 5.82 Å². The van der Waals surface area contributed by atoms with Crippen molar-refractivity contribution >= 4 is 26.1 Å². The Labute approximate surface area is 109 Å². The van der Waals surface area contributed by atoms with E-state index < -0.39 is 8.80 Å². The zero-order chi connectivity index (χ0) is 12.4. The van der Waals surface area contributed by atoms with Crippen molar-refractivity contribution in [2.45, 2.75) is 37.9 Å². The van der Waals surface area contributed by atoms with Gasteiger partial charge in [-0.15, -0.1) is 0 Å². The fraction of sp³-hybridized carbons (Fsp3) is 0.538. The Hall–Kier alpha value is -0.543. The molecule has 1 N–H and O–H groups in total. The molecule has 0 fully saturated rings. The highest BCUT2D eigenvalue weighted by Gasteiger charge is 2.26. The molecule has 0 radical (unpaired) electrons. The van der Waals surface area contributed by atoms with E-state index >= 15 is 0 Å². The second kappa shape index (κ2) is 5.40. The van der Waals surface area contributed by atoms with Crippen molar-refractivity contribution in [3.63, 3.8) is 0 Å². The van der Waals surface area contributed by atoms with Gasteiger partial charge in [0, 0.05) is 20.4 Å². The van der Waals surface area contributed by atoms with Crippen LogP contribution in [-0.2, 0) is 6.42 Å². The van der Waals surface area contributed by atoms with Crippen LogP contribution in [0.2, 0.25) is 22.7 Å². The van der Waals surface area contributed by atoms with Crippen molar-refractivity contribution in [3.8, 4) is 0 Å². The molecule has 1 aromatic carbocycles. The average Bonchev–Trinajstić information content (AvgIpc) is 2.30. The minimum absolute atomic E-state index is 0.211. The molecule has 0 spiro atoms. The van der Waals surface area contributed by atoms with Crippen molar-refractivity contribution in [1.29, 1.82) is 0 Å². The molecule has 0 aliphatic carbocycles.